The van der Waals surface area contributed by atoms with Crippen LogP contribution in [0.25, 0.3) is 0 Å². The molecule has 0 saturated heterocycles. The molecule has 2 heteroatoms. The fourth-order valence-corrected chi connectivity index (χ4v) is 8.74. The molecule has 29 heavy (non-hydrogen) atoms. The Morgan fingerprint density at radius 1 is 0.966 bits per heavy atom. The van der Waals surface area contributed by atoms with Gasteiger partial charge in [-0.1, -0.05) is 60.0 Å². The van der Waals surface area contributed by atoms with Crippen molar-refractivity contribution < 1.29 is 10.2 Å². The molecule has 166 valence electrons. The first kappa shape index (κ1) is 21.9. The van der Waals surface area contributed by atoms with Crippen molar-refractivity contribution in [3.8, 4) is 0 Å². The standard InChI is InChI=1S/C27H46O2/c1-17(2)7-6-8-18(3)20-11-12-21-19-9-10-23-25(29)24(28)14-16-27(23,5)22(19)13-15-26(20,21)4/h10,17-22,24-25,28-29H,6-9,11-16H2,1-5H3/t18?,19-,20+,21-,22-,24-,25?,26+,27+/m0/s1. The van der Waals surface area contributed by atoms with E-state index in [0.717, 1.165) is 48.9 Å². The van der Waals surface area contributed by atoms with E-state index >= 15 is 0 Å². The second-order valence-electron chi connectivity index (χ2n) is 12.3. The van der Waals surface area contributed by atoms with Gasteiger partial charge in [0.1, 0.15) is 6.10 Å². The van der Waals surface area contributed by atoms with Crippen molar-refractivity contribution in [2.45, 2.75) is 111 Å². The van der Waals surface area contributed by atoms with E-state index < -0.39 is 12.2 Å². The van der Waals surface area contributed by atoms with E-state index in [9.17, 15) is 10.2 Å². The SMILES string of the molecule is CC(C)CCCC(C)[C@H]1CC[C@H]2[C@@H]3CC=C4C(O)[C@@H](O)CC[C@]4(C)[C@H]3CC[C@]12C. The first-order valence-corrected chi connectivity index (χ1v) is 12.7. The number of hydrogen-bond acceptors (Lipinski definition) is 2. The van der Waals surface area contributed by atoms with Gasteiger partial charge in [0.25, 0.3) is 0 Å². The molecular formula is C27H46O2. The molecule has 0 aromatic heterocycles. The maximum Gasteiger partial charge on any atom is 0.101 e. The second kappa shape index (κ2) is 7.97. The minimum absolute atomic E-state index is 0.115. The van der Waals surface area contributed by atoms with Crippen LogP contribution in [0, 0.1) is 46.3 Å². The van der Waals surface area contributed by atoms with Crippen LogP contribution in [-0.2, 0) is 0 Å². The van der Waals surface area contributed by atoms with Gasteiger partial charge in [0.2, 0.25) is 0 Å². The Kier molecular flexibility index (Phi) is 6.01. The van der Waals surface area contributed by atoms with E-state index in [0.29, 0.717) is 11.3 Å². The van der Waals surface area contributed by atoms with Gasteiger partial charge in [0, 0.05) is 0 Å². The molecule has 0 aromatic carbocycles. The van der Waals surface area contributed by atoms with Gasteiger partial charge in [-0.15, -0.1) is 0 Å². The summed E-state index contributed by atoms with van der Waals surface area (Å²) in [7, 11) is 0. The van der Waals surface area contributed by atoms with Gasteiger partial charge in [-0.05, 0) is 96.9 Å². The number of aliphatic hydroxyl groups excluding tert-OH is 2. The lowest BCUT2D eigenvalue weighted by atomic mass is 9.46. The van der Waals surface area contributed by atoms with Crippen LogP contribution in [0.3, 0.4) is 0 Å². The quantitative estimate of drug-likeness (QED) is 0.525. The molecule has 4 rings (SSSR count). The largest absolute Gasteiger partial charge is 0.390 e. The first-order chi connectivity index (χ1) is 13.7. The van der Waals surface area contributed by atoms with Gasteiger partial charge in [-0.3, -0.25) is 0 Å². The third-order valence-corrected chi connectivity index (χ3v) is 10.4. The topological polar surface area (TPSA) is 40.5 Å². The zero-order valence-electron chi connectivity index (χ0n) is 19.7. The number of aliphatic hydroxyl groups is 2. The van der Waals surface area contributed by atoms with E-state index in [-0.39, 0.29) is 5.41 Å². The summed E-state index contributed by atoms with van der Waals surface area (Å²) in [6.45, 7) is 12.3. The molecule has 3 saturated carbocycles. The second-order valence-corrected chi connectivity index (χ2v) is 12.3. The lowest BCUT2D eigenvalue weighted by Gasteiger charge is -2.59. The van der Waals surface area contributed by atoms with Crippen molar-refractivity contribution in [1.29, 1.82) is 0 Å². The molecule has 0 aliphatic heterocycles. The predicted molar refractivity (Wildman–Crippen MR) is 120 cm³/mol. The van der Waals surface area contributed by atoms with Crippen molar-refractivity contribution >= 4 is 0 Å². The number of rotatable bonds is 5. The molecule has 2 N–H and O–H groups in total. The van der Waals surface area contributed by atoms with Crippen molar-refractivity contribution in [2.75, 3.05) is 0 Å². The number of hydrogen-bond donors (Lipinski definition) is 2. The van der Waals surface area contributed by atoms with Gasteiger partial charge >= 0.3 is 0 Å². The Hall–Kier alpha value is -0.340. The summed E-state index contributed by atoms with van der Waals surface area (Å²) in [4.78, 5) is 0. The molecule has 0 amide bonds. The number of fused-ring (bicyclic) bond motifs is 5. The van der Waals surface area contributed by atoms with Crippen LogP contribution in [0.1, 0.15) is 98.8 Å². The molecule has 0 heterocycles. The Morgan fingerprint density at radius 3 is 2.45 bits per heavy atom. The molecule has 2 unspecified atom stereocenters. The van der Waals surface area contributed by atoms with Crippen LogP contribution in [0.2, 0.25) is 0 Å². The average molecular weight is 403 g/mol. The molecule has 0 radical (unpaired) electrons. The van der Waals surface area contributed by atoms with E-state index in [1.807, 2.05) is 0 Å². The molecule has 2 nitrogen and oxygen atoms in total. The van der Waals surface area contributed by atoms with Crippen molar-refractivity contribution in [1.82, 2.24) is 0 Å². The normalized spacial score (nSPS) is 47.9. The molecule has 0 aromatic rings. The van der Waals surface area contributed by atoms with Crippen molar-refractivity contribution in [3.63, 3.8) is 0 Å². The minimum atomic E-state index is -0.625. The highest BCUT2D eigenvalue weighted by atomic mass is 16.3. The zero-order valence-corrected chi connectivity index (χ0v) is 19.7. The summed E-state index contributed by atoms with van der Waals surface area (Å²) < 4.78 is 0. The van der Waals surface area contributed by atoms with Crippen LogP contribution in [0.15, 0.2) is 11.6 Å². The zero-order chi connectivity index (χ0) is 21.0. The Balaban J connectivity index is 1.51. The minimum Gasteiger partial charge on any atom is -0.390 e. The van der Waals surface area contributed by atoms with Crippen molar-refractivity contribution in [2.24, 2.45) is 46.3 Å². The third-order valence-electron chi connectivity index (χ3n) is 10.4. The fraction of sp³-hybridized carbons (Fsp3) is 0.926. The van der Waals surface area contributed by atoms with Gasteiger partial charge in [-0.25, -0.2) is 0 Å². The maximum atomic E-state index is 10.7. The van der Waals surface area contributed by atoms with Crippen LogP contribution in [0.4, 0.5) is 0 Å². The van der Waals surface area contributed by atoms with Crippen LogP contribution in [-0.4, -0.2) is 22.4 Å². The molecular weight excluding hydrogens is 356 g/mol. The van der Waals surface area contributed by atoms with Gasteiger partial charge < -0.3 is 10.2 Å². The summed E-state index contributed by atoms with van der Waals surface area (Å²) in [5.74, 6) is 4.95. The lowest BCUT2D eigenvalue weighted by Crippen LogP contribution is -2.53. The predicted octanol–water partition coefficient (Wildman–Crippen LogP) is 6.36. The maximum absolute atomic E-state index is 10.7. The van der Waals surface area contributed by atoms with Crippen LogP contribution < -0.4 is 0 Å². The van der Waals surface area contributed by atoms with E-state index in [2.05, 4.69) is 40.7 Å². The highest BCUT2D eigenvalue weighted by Gasteiger charge is 2.60. The fourth-order valence-electron chi connectivity index (χ4n) is 8.74. The summed E-state index contributed by atoms with van der Waals surface area (Å²) >= 11 is 0. The molecule has 0 bridgehead atoms. The summed E-state index contributed by atoms with van der Waals surface area (Å²) in [5.41, 5.74) is 1.81. The summed E-state index contributed by atoms with van der Waals surface area (Å²) in [6, 6.07) is 0. The first-order valence-electron chi connectivity index (χ1n) is 12.7. The molecule has 3 fully saturated rings. The van der Waals surface area contributed by atoms with Crippen molar-refractivity contribution in [3.05, 3.63) is 11.6 Å². The van der Waals surface area contributed by atoms with E-state index in [1.54, 1.807) is 0 Å². The van der Waals surface area contributed by atoms with Crippen LogP contribution >= 0.6 is 0 Å². The molecule has 4 aliphatic rings. The Labute approximate surface area is 179 Å². The molecule has 9 atom stereocenters. The van der Waals surface area contributed by atoms with Crippen LogP contribution in [0.5, 0.6) is 0 Å². The lowest BCUT2D eigenvalue weighted by molar-refractivity contribution is -0.0801. The third kappa shape index (κ3) is 3.55. The Morgan fingerprint density at radius 2 is 1.72 bits per heavy atom. The summed E-state index contributed by atoms with van der Waals surface area (Å²) in [6.07, 6.45) is 13.9. The highest BCUT2D eigenvalue weighted by Crippen LogP contribution is 2.67. The van der Waals surface area contributed by atoms with E-state index in [4.69, 9.17) is 0 Å². The van der Waals surface area contributed by atoms with E-state index in [1.165, 1.54) is 50.5 Å². The van der Waals surface area contributed by atoms with Gasteiger partial charge in [0.15, 0.2) is 0 Å². The Bertz CT molecular complexity index is 624. The molecule has 4 aliphatic carbocycles. The van der Waals surface area contributed by atoms with Gasteiger partial charge in [0.05, 0.1) is 6.10 Å². The molecule has 0 spiro atoms. The highest BCUT2D eigenvalue weighted by molar-refractivity contribution is 5.29. The van der Waals surface area contributed by atoms with Gasteiger partial charge in [-0.2, -0.15) is 0 Å². The average Bonchev–Trinajstić information content (AvgIpc) is 3.02. The number of allylic oxidation sites excluding steroid dienone is 1. The summed E-state index contributed by atoms with van der Waals surface area (Å²) in [5, 5.41) is 20.9. The smallest absolute Gasteiger partial charge is 0.101 e. The monoisotopic (exact) mass is 402 g/mol.